The maximum atomic E-state index is 13.7. The predicted molar refractivity (Wildman–Crippen MR) is 157 cm³/mol. The van der Waals surface area contributed by atoms with Crippen molar-refractivity contribution in [1.82, 2.24) is 14.2 Å². The number of aliphatic imine (C=N–C) groups is 1. The van der Waals surface area contributed by atoms with Crippen LogP contribution < -0.4 is 14.8 Å². The Morgan fingerprint density at radius 1 is 1.20 bits per heavy atom. The Labute approximate surface area is 252 Å². The van der Waals surface area contributed by atoms with Gasteiger partial charge in [0, 0.05) is 56.1 Å². The van der Waals surface area contributed by atoms with Gasteiger partial charge >= 0.3 is 0 Å². The number of likely N-dealkylation sites (tertiary alicyclic amines) is 1. The summed E-state index contributed by atoms with van der Waals surface area (Å²) in [6, 6.07) is 10.3. The minimum Gasteiger partial charge on any atom is -0.489 e. The molecule has 10 nitrogen and oxygen atoms in total. The molecular weight excluding hydrogens is 599 g/mol. The van der Waals surface area contributed by atoms with Crippen LogP contribution in [0, 0.1) is 23.4 Å². The number of carbonyl (C=O) groups excluding carboxylic acids is 1. The summed E-state index contributed by atoms with van der Waals surface area (Å²) >= 11 is 0. The van der Waals surface area contributed by atoms with Crippen LogP contribution in [0.3, 0.4) is 0 Å². The molecule has 2 atom stereocenters. The summed E-state index contributed by atoms with van der Waals surface area (Å²) in [5.41, 5.74) is 0.402. The third kappa shape index (κ3) is 6.50. The number of anilines is 1. The molecule has 0 bridgehead atoms. The topological polar surface area (TPSA) is 114 Å². The summed E-state index contributed by atoms with van der Waals surface area (Å²) in [6.45, 7) is 6.83. The van der Waals surface area contributed by atoms with E-state index in [0.29, 0.717) is 37.0 Å². The van der Waals surface area contributed by atoms with E-state index in [1.165, 1.54) is 17.8 Å². The van der Waals surface area contributed by atoms with Crippen molar-refractivity contribution in [2.75, 3.05) is 25.0 Å². The van der Waals surface area contributed by atoms with E-state index < -0.39 is 39.4 Å². The Kier molecular flexibility index (Phi) is 8.83. The van der Waals surface area contributed by atoms with Crippen molar-refractivity contribution in [3.8, 4) is 5.75 Å². The number of carbonyl (C=O) groups is 1. The first-order chi connectivity index (χ1) is 21.0. The van der Waals surface area contributed by atoms with Gasteiger partial charge in [-0.05, 0) is 18.6 Å². The van der Waals surface area contributed by atoms with Crippen LogP contribution >= 0.6 is 0 Å². The number of allylic oxidation sites excluding steroid dienone is 1. The molecule has 1 amide bonds. The third-order valence-electron chi connectivity index (χ3n) is 7.18. The number of hydrogen-bond donors (Lipinski definition) is 2. The minimum absolute atomic E-state index is 0.0318. The second kappa shape index (κ2) is 12.6. The fourth-order valence-electron chi connectivity index (χ4n) is 5.02. The van der Waals surface area contributed by atoms with Crippen molar-refractivity contribution in [3.05, 3.63) is 102 Å². The molecular formula is C30H30F3N5O5S. The monoisotopic (exact) mass is 629 g/mol. The summed E-state index contributed by atoms with van der Waals surface area (Å²) in [4.78, 5) is 19.2. The highest BCUT2D eigenvalue weighted by Gasteiger charge is 2.41. The van der Waals surface area contributed by atoms with Crippen molar-refractivity contribution >= 4 is 27.5 Å². The lowest BCUT2D eigenvalue weighted by Crippen LogP contribution is -2.43. The van der Waals surface area contributed by atoms with Gasteiger partial charge in [-0.25, -0.2) is 26.3 Å². The van der Waals surface area contributed by atoms with Crippen LogP contribution in [-0.4, -0.2) is 55.4 Å². The van der Waals surface area contributed by atoms with Gasteiger partial charge in [0.2, 0.25) is 15.9 Å². The highest BCUT2D eigenvalue weighted by atomic mass is 32.2. The van der Waals surface area contributed by atoms with Crippen molar-refractivity contribution in [2.45, 2.75) is 24.5 Å². The second-order valence-corrected chi connectivity index (χ2v) is 12.0. The number of hydrogen-bond acceptors (Lipinski definition) is 7. The number of ether oxygens (including phenoxy) is 2. The van der Waals surface area contributed by atoms with Gasteiger partial charge < -0.3 is 24.3 Å². The average molecular weight is 630 g/mol. The highest BCUT2D eigenvalue weighted by molar-refractivity contribution is 7.89. The van der Waals surface area contributed by atoms with E-state index in [4.69, 9.17) is 9.47 Å². The molecule has 232 valence electrons. The quantitative estimate of drug-likeness (QED) is 0.229. The van der Waals surface area contributed by atoms with Crippen LogP contribution in [0.1, 0.15) is 23.0 Å². The molecule has 3 heterocycles. The van der Waals surface area contributed by atoms with Gasteiger partial charge in [-0.2, -0.15) is 4.99 Å². The fourth-order valence-corrected chi connectivity index (χ4v) is 6.50. The SMILES string of the molecule is C=C(/N=C(\C=C/C)OCc1ccccc1)N1CC2COc3c(cn(C)c3C(=O)Nc3cc(F)c(F)c(F)c3)S(=O)(=O)NC2C1. The molecule has 2 N–H and O–H groups in total. The largest absolute Gasteiger partial charge is 0.489 e. The van der Waals surface area contributed by atoms with Gasteiger partial charge in [0.05, 0.1) is 6.61 Å². The number of benzene rings is 2. The summed E-state index contributed by atoms with van der Waals surface area (Å²) in [5, 5.41) is 2.27. The van der Waals surface area contributed by atoms with E-state index >= 15 is 0 Å². The van der Waals surface area contributed by atoms with Crippen LogP contribution in [0.15, 0.2) is 83.1 Å². The summed E-state index contributed by atoms with van der Waals surface area (Å²) in [6.07, 6.45) is 4.70. The maximum absolute atomic E-state index is 13.7. The number of amides is 1. The Morgan fingerprint density at radius 2 is 1.91 bits per heavy atom. The van der Waals surface area contributed by atoms with Crippen molar-refractivity contribution in [3.63, 3.8) is 0 Å². The zero-order valence-electron chi connectivity index (χ0n) is 23.9. The number of halogens is 3. The summed E-state index contributed by atoms with van der Waals surface area (Å²) < 4.78 is 83.4. The van der Waals surface area contributed by atoms with Crippen LogP contribution in [0.4, 0.5) is 18.9 Å². The zero-order chi connectivity index (χ0) is 31.6. The normalized spacial score (nSPS) is 19.5. The Morgan fingerprint density at radius 3 is 2.59 bits per heavy atom. The Hall–Kier alpha value is -4.56. The molecule has 2 aliphatic heterocycles. The van der Waals surface area contributed by atoms with E-state index in [1.54, 1.807) is 12.2 Å². The summed E-state index contributed by atoms with van der Waals surface area (Å²) in [5.74, 6) is -5.44. The summed E-state index contributed by atoms with van der Waals surface area (Å²) in [7, 11) is -2.75. The molecule has 0 saturated carbocycles. The van der Waals surface area contributed by atoms with E-state index in [0.717, 1.165) is 5.56 Å². The Bertz CT molecular complexity index is 1730. The lowest BCUT2D eigenvalue weighted by molar-refractivity contribution is 0.101. The third-order valence-corrected chi connectivity index (χ3v) is 8.66. The molecule has 1 aromatic heterocycles. The molecule has 2 aliphatic rings. The Balaban J connectivity index is 1.33. The number of sulfonamides is 1. The molecule has 2 unspecified atom stereocenters. The first-order valence-electron chi connectivity index (χ1n) is 13.6. The molecule has 1 fully saturated rings. The first-order valence-corrected chi connectivity index (χ1v) is 15.1. The van der Waals surface area contributed by atoms with Crippen LogP contribution in [0.2, 0.25) is 0 Å². The molecule has 0 aliphatic carbocycles. The number of rotatable bonds is 7. The molecule has 0 spiro atoms. The van der Waals surface area contributed by atoms with Gasteiger partial charge in [0.15, 0.2) is 28.9 Å². The van der Waals surface area contributed by atoms with Crippen molar-refractivity contribution < 1.29 is 35.9 Å². The smallest absolute Gasteiger partial charge is 0.276 e. The maximum Gasteiger partial charge on any atom is 0.276 e. The second-order valence-electron chi connectivity index (χ2n) is 10.3. The van der Waals surface area contributed by atoms with Crippen LogP contribution in [0.25, 0.3) is 0 Å². The van der Waals surface area contributed by atoms with Gasteiger partial charge in [-0.15, -0.1) is 0 Å². The van der Waals surface area contributed by atoms with Crippen LogP contribution in [-0.2, 0) is 28.4 Å². The van der Waals surface area contributed by atoms with Crippen LogP contribution in [0.5, 0.6) is 5.75 Å². The van der Waals surface area contributed by atoms with Crippen molar-refractivity contribution in [1.29, 1.82) is 0 Å². The lowest BCUT2D eigenvalue weighted by atomic mass is 10.1. The molecule has 5 rings (SSSR count). The van der Waals surface area contributed by atoms with Gasteiger partial charge in [-0.1, -0.05) is 43.0 Å². The zero-order valence-corrected chi connectivity index (χ0v) is 24.7. The molecule has 3 aromatic rings. The number of nitrogens with one attached hydrogen (secondary N) is 2. The van der Waals surface area contributed by atoms with Gasteiger partial charge in [0.25, 0.3) is 5.91 Å². The fraction of sp³-hybridized carbons (Fsp3) is 0.267. The molecule has 1 saturated heterocycles. The molecule has 44 heavy (non-hydrogen) atoms. The lowest BCUT2D eigenvalue weighted by Gasteiger charge is -2.23. The van der Waals surface area contributed by atoms with Crippen molar-refractivity contribution in [2.24, 2.45) is 18.0 Å². The predicted octanol–water partition coefficient (Wildman–Crippen LogP) is 4.33. The van der Waals surface area contributed by atoms with Gasteiger partial charge in [-0.3, -0.25) is 4.79 Å². The van der Waals surface area contributed by atoms with Gasteiger partial charge in [0.1, 0.15) is 17.3 Å². The highest BCUT2D eigenvalue weighted by Crippen LogP contribution is 2.35. The standard InChI is InChI=1S/C30H30F3N5O5S/c1-4-8-26(42-16-19-9-6-5-7-10-19)34-18(2)38-13-20-17-43-29-25(44(40,41)36-24(20)14-38)15-37(3)28(29)30(39)35-21-11-22(31)27(33)23(32)12-21/h4-12,15,20,24,36H,2,13-14,16-17H2,1,3H3,(H,35,39)/b8-4-,34-26+. The average Bonchev–Trinajstić information content (AvgIpc) is 3.53. The first kappa shape index (κ1) is 30.9. The minimum atomic E-state index is -4.18. The number of aromatic nitrogens is 1. The number of nitrogens with zero attached hydrogens (tertiary/aromatic N) is 3. The molecule has 2 aromatic carbocycles. The molecule has 0 radical (unpaired) electrons. The van der Waals surface area contributed by atoms with E-state index in [-0.39, 0.29) is 41.1 Å². The van der Waals surface area contributed by atoms with E-state index in [9.17, 15) is 26.4 Å². The number of fused-ring (bicyclic) bond motifs is 2. The number of aryl methyl sites for hydroxylation is 1. The van der Waals surface area contributed by atoms with E-state index in [1.807, 2.05) is 42.2 Å². The molecule has 14 heteroatoms. The van der Waals surface area contributed by atoms with E-state index in [2.05, 4.69) is 21.6 Å².